The van der Waals surface area contributed by atoms with E-state index in [1.54, 1.807) is 0 Å². The van der Waals surface area contributed by atoms with Gasteiger partial charge in [0.25, 0.3) is 0 Å². The Bertz CT molecular complexity index is 4110. The third-order valence-corrected chi connectivity index (χ3v) is 16.2. The van der Waals surface area contributed by atoms with Gasteiger partial charge in [-0.25, -0.2) is 0 Å². The minimum Gasteiger partial charge on any atom is -0.491 e. The molecule has 3 nitrogen and oxygen atoms in total. The van der Waals surface area contributed by atoms with Crippen LogP contribution in [-0.4, -0.2) is 6.10 Å². The van der Waals surface area contributed by atoms with E-state index in [1.165, 1.54) is 104 Å². The van der Waals surface area contributed by atoms with E-state index in [4.69, 9.17) is 4.74 Å². The Labute approximate surface area is 486 Å². The maximum absolute atomic E-state index is 6.31. The predicted molar refractivity (Wildman–Crippen MR) is 342 cm³/mol. The molecule has 0 heterocycles. The molecular weight excluding hydrogens is 1150 g/mol. The molecule has 0 radical (unpaired) electrons. The van der Waals surface area contributed by atoms with Crippen LogP contribution >= 0.6 is 0 Å². The van der Waals surface area contributed by atoms with Gasteiger partial charge in [0, 0.05) is 27.8 Å². The summed E-state index contributed by atoms with van der Waals surface area (Å²) in [6.45, 7) is 19.0. The Morgan fingerprint density at radius 1 is 0.400 bits per heavy atom. The number of fused-ring (bicyclic) bond motifs is 6. The molecule has 0 spiro atoms. The average molecular weight is 1220 g/mol. The standard InChI is InChI=1S/C72H59N2O.C4H9.Os/c1-7-47(6)75-56-39-37-55(38-40-56)74(54-35-31-49(32-36-54)46(4)5)64-44-42-62-68-58(64)26-18-28-60(68)70-66(51-21-13-9-14-22-51)71-61-41-43-63(73(52-23-15-10-16-24-52)53-33-29-48(30-34-53)45(2)3)57-25-17-27-59(67(57)61)69(71)65(72(62)70)50-19-11-8-12-20-50;1-3-4-2;/h8-9,11-47H,7H2,1-6H3;1,3-4H2,2H3;/q2*-1;+2. The summed E-state index contributed by atoms with van der Waals surface area (Å²) >= 11 is 0. The van der Waals surface area contributed by atoms with Crippen LogP contribution in [0.1, 0.15) is 90.7 Å². The van der Waals surface area contributed by atoms with Crippen molar-refractivity contribution in [3.8, 4) is 28.0 Å². The van der Waals surface area contributed by atoms with Gasteiger partial charge in [-0.15, -0.1) is 12.1 Å². The van der Waals surface area contributed by atoms with Crippen LogP contribution in [0, 0.1) is 13.0 Å². The SMILES string of the molecule is CCC(C)Oc1ccc(N(c2ccc(C(C)C)cc2)c2ccc3c4c(-c5ccccc5)c5c6cccc7c(N(c8cc[c-]cc8)c8ccc(C(C)C)cc8)ccc(c5c(-c5ccccc5)c4c4cccc2c43)c76)cc1.[CH2-]CCC.[Os+2]. The third-order valence-electron chi connectivity index (χ3n) is 16.2. The monoisotopic (exact) mass is 1220 g/mol. The van der Waals surface area contributed by atoms with Crippen molar-refractivity contribution in [2.45, 2.75) is 85.7 Å². The third kappa shape index (κ3) is 9.52. The second-order valence-corrected chi connectivity index (χ2v) is 21.8. The van der Waals surface area contributed by atoms with E-state index < -0.39 is 0 Å². The number of hydrogen-bond acceptors (Lipinski definition) is 3. The molecule has 0 fully saturated rings. The molecule has 4 heteroatoms. The van der Waals surface area contributed by atoms with Crippen LogP contribution in [0.5, 0.6) is 5.75 Å². The van der Waals surface area contributed by atoms with Crippen LogP contribution in [0.15, 0.2) is 218 Å². The van der Waals surface area contributed by atoms with E-state index in [2.05, 4.69) is 278 Å². The number of anilines is 6. The zero-order chi connectivity index (χ0) is 54.3. The minimum absolute atomic E-state index is 0. The molecule has 0 aliphatic rings. The van der Waals surface area contributed by atoms with Gasteiger partial charge in [-0.2, -0.15) is 24.6 Å². The molecule has 13 aromatic rings. The van der Waals surface area contributed by atoms with E-state index in [-0.39, 0.29) is 25.9 Å². The van der Waals surface area contributed by atoms with Gasteiger partial charge in [0.05, 0.1) is 17.5 Å². The molecule has 80 heavy (non-hydrogen) atoms. The second kappa shape index (κ2) is 23.0. The zero-order valence-corrected chi connectivity index (χ0v) is 49.5. The minimum atomic E-state index is 0. The van der Waals surface area contributed by atoms with Crippen LogP contribution in [0.25, 0.3) is 86.9 Å². The molecule has 0 aliphatic heterocycles. The zero-order valence-electron chi connectivity index (χ0n) is 47.0. The van der Waals surface area contributed by atoms with Crippen LogP contribution in [0.2, 0.25) is 0 Å². The molecule has 1 atom stereocenters. The van der Waals surface area contributed by atoms with Crippen LogP contribution in [0.4, 0.5) is 34.1 Å². The normalized spacial score (nSPS) is 12.0. The van der Waals surface area contributed by atoms with Crippen molar-refractivity contribution in [1.82, 2.24) is 0 Å². The van der Waals surface area contributed by atoms with Crippen LogP contribution in [-0.2, 0) is 19.8 Å². The Kier molecular flexibility index (Phi) is 15.5. The maximum atomic E-state index is 6.31. The molecule has 0 aromatic heterocycles. The van der Waals surface area contributed by atoms with Crippen molar-refractivity contribution >= 4 is 98.8 Å². The molecule has 0 aliphatic carbocycles. The Morgan fingerprint density at radius 3 is 1.14 bits per heavy atom. The van der Waals surface area contributed by atoms with Crippen molar-refractivity contribution < 1.29 is 24.5 Å². The first-order valence-corrected chi connectivity index (χ1v) is 28.5. The van der Waals surface area contributed by atoms with Gasteiger partial charge >= 0.3 is 19.8 Å². The predicted octanol–water partition coefficient (Wildman–Crippen LogP) is 22.6. The molecule has 13 aromatic carbocycles. The summed E-state index contributed by atoms with van der Waals surface area (Å²) in [6, 6.07) is 84.4. The first kappa shape index (κ1) is 54.0. The van der Waals surface area contributed by atoms with Gasteiger partial charge in [0.15, 0.2) is 0 Å². The summed E-state index contributed by atoms with van der Waals surface area (Å²) in [7, 11) is 0. The number of hydrogen-bond donors (Lipinski definition) is 0. The van der Waals surface area contributed by atoms with E-state index in [0.29, 0.717) is 11.8 Å². The van der Waals surface area contributed by atoms with Crippen molar-refractivity contribution in [2.75, 3.05) is 9.80 Å². The molecule has 13 rings (SSSR count). The first-order chi connectivity index (χ1) is 38.7. The number of ether oxygens (including phenoxy) is 1. The molecule has 0 amide bonds. The summed E-state index contributed by atoms with van der Waals surface area (Å²) in [4.78, 5) is 4.86. The second-order valence-electron chi connectivity index (χ2n) is 21.8. The summed E-state index contributed by atoms with van der Waals surface area (Å²) < 4.78 is 6.31. The van der Waals surface area contributed by atoms with Gasteiger partial charge in [-0.1, -0.05) is 187 Å². The summed E-state index contributed by atoms with van der Waals surface area (Å²) in [5.74, 6) is 1.75. The molecule has 396 valence electrons. The van der Waals surface area contributed by atoms with E-state index >= 15 is 0 Å². The fraction of sp³-hybridized carbons (Fsp3) is 0.171. The Morgan fingerprint density at radius 2 is 0.762 bits per heavy atom. The van der Waals surface area contributed by atoms with Crippen LogP contribution in [0.3, 0.4) is 0 Å². The largest absolute Gasteiger partial charge is 2.00 e. The van der Waals surface area contributed by atoms with Crippen molar-refractivity contribution in [3.63, 3.8) is 0 Å². The van der Waals surface area contributed by atoms with E-state index in [1.807, 2.05) is 12.1 Å². The topological polar surface area (TPSA) is 15.7 Å². The number of benzene rings is 11. The fourth-order valence-corrected chi connectivity index (χ4v) is 12.0. The first-order valence-electron chi connectivity index (χ1n) is 28.5. The van der Waals surface area contributed by atoms with Gasteiger partial charge in [-0.05, 0) is 173 Å². The maximum Gasteiger partial charge on any atom is 2.00 e. The van der Waals surface area contributed by atoms with Crippen LogP contribution < -0.4 is 14.5 Å². The number of rotatable bonds is 14. The van der Waals surface area contributed by atoms with E-state index in [9.17, 15) is 0 Å². The molecule has 0 N–H and O–H groups in total. The smallest absolute Gasteiger partial charge is 0.491 e. The summed E-state index contributed by atoms with van der Waals surface area (Å²) in [6.07, 6.45) is 3.36. The molecule has 0 saturated heterocycles. The van der Waals surface area contributed by atoms with Crippen molar-refractivity contribution in [1.29, 1.82) is 0 Å². The van der Waals surface area contributed by atoms with Crippen molar-refractivity contribution in [3.05, 3.63) is 243 Å². The Balaban J connectivity index is 0.00000131. The average Bonchev–Trinajstić information content (AvgIpc) is 2.29. The fourth-order valence-electron chi connectivity index (χ4n) is 12.0. The molecular formula is C76H68N2OOs. The molecule has 1 unspecified atom stereocenters. The van der Waals surface area contributed by atoms with Crippen molar-refractivity contribution in [2.24, 2.45) is 0 Å². The summed E-state index contributed by atoms with van der Waals surface area (Å²) in [5.41, 5.74) is 14.3. The summed E-state index contributed by atoms with van der Waals surface area (Å²) in [5, 5.41) is 15.2. The Hall–Kier alpha value is -8.02. The molecule has 0 saturated carbocycles. The quantitative estimate of drug-likeness (QED) is 0.101. The van der Waals surface area contributed by atoms with Gasteiger partial charge in [-0.3, -0.25) is 0 Å². The number of nitrogens with zero attached hydrogens (tertiary/aromatic N) is 2. The van der Waals surface area contributed by atoms with Gasteiger partial charge in [0.2, 0.25) is 0 Å². The van der Waals surface area contributed by atoms with Gasteiger partial charge in [0.1, 0.15) is 5.75 Å². The van der Waals surface area contributed by atoms with E-state index in [0.717, 1.165) is 52.7 Å². The van der Waals surface area contributed by atoms with Gasteiger partial charge < -0.3 is 21.5 Å². The molecule has 0 bridgehead atoms. The number of unbranched alkanes of at least 4 members (excludes halogenated alkanes) is 1.